The zero-order valence-electron chi connectivity index (χ0n) is 42.0. The van der Waals surface area contributed by atoms with Gasteiger partial charge < -0.3 is 61.8 Å². The Morgan fingerprint density at radius 1 is 0.597 bits per heavy atom. The highest BCUT2D eigenvalue weighted by Gasteiger charge is 2.38. The van der Waals surface area contributed by atoms with E-state index in [-0.39, 0.29) is 54.0 Å². The van der Waals surface area contributed by atoms with Gasteiger partial charge in [0.1, 0.15) is 22.8 Å². The number of alkyl carbamates (subject to hydrolysis) is 2. The second-order valence-electron chi connectivity index (χ2n) is 18.5. The summed E-state index contributed by atoms with van der Waals surface area (Å²) in [7, 11) is 6.82. The van der Waals surface area contributed by atoms with Crippen molar-refractivity contribution in [2.75, 3.05) is 38.8 Å². The highest BCUT2D eigenvalue weighted by atomic mass is 35.5. The van der Waals surface area contributed by atoms with Crippen LogP contribution in [-0.4, -0.2) is 153 Å². The van der Waals surface area contributed by atoms with Crippen molar-refractivity contribution < 1.29 is 67.6 Å². The predicted molar refractivity (Wildman–Crippen MR) is 267 cm³/mol. The first-order valence-electron chi connectivity index (χ1n) is 22.0. The van der Waals surface area contributed by atoms with E-state index in [0.29, 0.717) is 41.5 Å². The molecule has 2 aromatic rings. The Hall–Kier alpha value is -6.37. The number of carbonyl (C=O) groups is 10. The first-order valence-corrected chi connectivity index (χ1v) is 22.7. The SMILES string of the molecule is CC(=O)C(=O)Nc1ccc(Cl)cn1.CN(C)C(=O)[C@H]1CC[C@H](N)[C@H](NC(=O)OC(C)(C)C)C1.CN(C)C(=O)[C@H]1CC[C@H](NC(=O)C(=O)Nc2ccc(Cl)cn2)[C@H](NC(=O)OC(C)(C)C)C1.Cl.O=C(O)C(=O)O. The molecule has 24 nitrogen and oxygen atoms in total. The number of amides is 7. The van der Waals surface area contributed by atoms with Gasteiger partial charge in [-0.05, 0) is 104 Å². The lowest BCUT2D eigenvalue weighted by atomic mass is 9.81. The average Bonchev–Trinajstić information content (AvgIpc) is 3.25. The second-order valence-corrected chi connectivity index (χ2v) is 19.4. The van der Waals surface area contributed by atoms with E-state index < -0.39 is 70.9 Å². The smallest absolute Gasteiger partial charge is 0.414 e. The number of nitrogens with zero attached hydrogens (tertiary/aromatic N) is 4. The molecule has 7 amide bonds. The molecule has 0 radical (unpaired) electrons. The molecule has 2 aromatic heterocycles. The van der Waals surface area contributed by atoms with E-state index in [2.05, 4.69) is 36.6 Å². The van der Waals surface area contributed by atoms with Crippen LogP contribution in [0.1, 0.15) is 87.0 Å². The Balaban J connectivity index is 0.00000107. The summed E-state index contributed by atoms with van der Waals surface area (Å²) in [6.07, 6.45) is 4.88. The van der Waals surface area contributed by atoms with Crippen molar-refractivity contribution in [3.05, 3.63) is 46.7 Å². The summed E-state index contributed by atoms with van der Waals surface area (Å²) in [4.78, 5) is 124. The number of carboxylic acids is 2. The van der Waals surface area contributed by atoms with Gasteiger partial charge in [0, 0.05) is 77.5 Å². The standard InChI is InChI=1S/C21H30ClN5O5.C14H27N3O3.C8H7ClN2O2.C2H2O4.ClH/c1-21(2,3)32-20(31)25-15-10-12(19(30)27(4)5)6-8-14(15)24-17(28)18(29)26-16-9-7-13(22)11-23-16;1-14(2,3)20-13(19)16-11-8-9(6-7-10(11)15)12(18)17(4)5;1-5(12)8(13)11-7-3-2-6(9)4-10-7;3-1(4)2(5)6;/h7,9,11-12,14-15H,6,8,10H2,1-5H3,(H,24,28)(H,25,31)(H,23,26,29);9-11H,6-8,15H2,1-5H3,(H,16,19);2-4H,1H3,(H,10,11,13);(H,3,4)(H,5,6);1H/t12-,14-,15+;9-,10-,11+;;;/m00.../s1. The largest absolute Gasteiger partial charge is 0.473 e. The molecule has 27 heteroatoms. The minimum atomic E-state index is -1.82. The molecule has 0 spiro atoms. The van der Waals surface area contributed by atoms with E-state index in [1.807, 2.05) is 20.8 Å². The van der Waals surface area contributed by atoms with Crippen LogP contribution in [0, 0.1) is 11.8 Å². The number of rotatable bonds is 8. The molecular formula is C45H67Cl3N10O14. The number of aliphatic carboxylic acids is 2. The van der Waals surface area contributed by atoms with Crippen molar-refractivity contribution in [2.45, 2.75) is 122 Å². The molecule has 402 valence electrons. The molecule has 0 unspecified atom stereocenters. The summed E-state index contributed by atoms with van der Waals surface area (Å²) in [5, 5.41) is 28.5. The number of Topliss-reactive ketones (excluding diaryl/α,β-unsaturated/α-hetero) is 1. The molecule has 0 saturated heterocycles. The van der Waals surface area contributed by atoms with Crippen molar-refractivity contribution in [2.24, 2.45) is 17.6 Å². The van der Waals surface area contributed by atoms with Crippen LogP contribution in [-0.2, 0) is 47.8 Å². The number of hydrogen-bond acceptors (Lipinski definition) is 15. The zero-order chi connectivity index (χ0) is 54.6. The molecule has 2 fully saturated rings. The Labute approximate surface area is 434 Å². The number of nitrogens with one attached hydrogen (secondary N) is 5. The van der Waals surface area contributed by atoms with Crippen LogP contribution in [0.25, 0.3) is 0 Å². The maximum absolute atomic E-state index is 12.5. The molecular weight excluding hydrogens is 1010 g/mol. The molecule has 2 saturated carbocycles. The van der Waals surface area contributed by atoms with Crippen LogP contribution in [0.15, 0.2) is 36.7 Å². The third-order valence-corrected chi connectivity index (χ3v) is 10.1. The van der Waals surface area contributed by atoms with Gasteiger partial charge >= 0.3 is 35.9 Å². The van der Waals surface area contributed by atoms with E-state index in [0.717, 1.165) is 12.8 Å². The summed E-state index contributed by atoms with van der Waals surface area (Å²) in [5.74, 6) is -6.54. The van der Waals surface area contributed by atoms with Crippen LogP contribution in [0.5, 0.6) is 0 Å². The number of nitrogens with two attached hydrogens (primary N) is 1. The summed E-state index contributed by atoms with van der Waals surface area (Å²) >= 11 is 11.3. The Kier molecular flexibility index (Phi) is 27.8. The van der Waals surface area contributed by atoms with Gasteiger partial charge in [-0.15, -0.1) is 12.4 Å². The third kappa shape index (κ3) is 26.2. The first kappa shape index (κ1) is 65.6. The highest BCUT2D eigenvalue weighted by molar-refractivity contribution is 6.40. The van der Waals surface area contributed by atoms with E-state index in [1.54, 1.807) is 59.9 Å². The molecule has 9 N–H and O–H groups in total. The van der Waals surface area contributed by atoms with Gasteiger partial charge in [0.25, 0.3) is 5.91 Å². The van der Waals surface area contributed by atoms with E-state index >= 15 is 0 Å². The minimum Gasteiger partial charge on any atom is -0.473 e. The summed E-state index contributed by atoms with van der Waals surface area (Å²) in [6, 6.07) is 4.61. The number of anilines is 2. The van der Waals surface area contributed by atoms with Crippen LogP contribution >= 0.6 is 35.6 Å². The summed E-state index contributed by atoms with van der Waals surface area (Å²) in [6.45, 7) is 11.8. The number of aromatic nitrogens is 2. The molecule has 2 heterocycles. The maximum Gasteiger partial charge on any atom is 0.414 e. The van der Waals surface area contributed by atoms with E-state index in [9.17, 15) is 38.4 Å². The first-order chi connectivity index (χ1) is 32.7. The van der Waals surface area contributed by atoms with Crippen LogP contribution in [0.3, 0.4) is 0 Å². The number of hydrogen-bond donors (Lipinski definition) is 8. The molecule has 0 aromatic carbocycles. The summed E-state index contributed by atoms with van der Waals surface area (Å²) in [5.41, 5.74) is 4.79. The maximum atomic E-state index is 12.5. The number of ketones is 1. The van der Waals surface area contributed by atoms with Crippen molar-refractivity contribution in [1.29, 1.82) is 0 Å². The number of carbonyl (C=O) groups excluding carboxylic acids is 8. The Bertz CT molecular complexity index is 2180. The lowest BCUT2D eigenvalue weighted by Gasteiger charge is -2.37. The van der Waals surface area contributed by atoms with Gasteiger partial charge in [-0.25, -0.2) is 29.1 Å². The number of ether oxygens (including phenoxy) is 2. The van der Waals surface area contributed by atoms with Crippen LogP contribution < -0.4 is 32.3 Å². The summed E-state index contributed by atoms with van der Waals surface area (Å²) < 4.78 is 10.5. The van der Waals surface area contributed by atoms with Crippen LogP contribution in [0.2, 0.25) is 10.0 Å². The number of carboxylic acid groups (broad SMARTS) is 2. The predicted octanol–water partition coefficient (Wildman–Crippen LogP) is 3.88. The second kappa shape index (κ2) is 30.5. The van der Waals surface area contributed by atoms with E-state index in [1.165, 1.54) is 42.4 Å². The Morgan fingerprint density at radius 3 is 1.35 bits per heavy atom. The normalized spacial score (nSPS) is 18.9. The van der Waals surface area contributed by atoms with Gasteiger partial charge in [-0.3, -0.25) is 28.8 Å². The highest BCUT2D eigenvalue weighted by Crippen LogP contribution is 2.28. The Morgan fingerprint density at radius 2 is 0.986 bits per heavy atom. The fraction of sp³-hybridized carbons (Fsp3) is 0.556. The quantitative estimate of drug-likeness (QED) is 0.174. The molecule has 72 heavy (non-hydrogen) atoms. The fourth-order valence-electron chi connectivity index (χ4n) is 6.47. The molecule has 4 rings (SSSR count). The van der Waals surface area contributed by atoms with Gasteiger partial charge in [-0.1, -0.05) is 23.2 Å². The number of pyridine rings is 2. The van der Waals surface area contributed by atoms with Gasteiger partial charge in [0.2, 0.25) is 17.6 Å². The van der Waals surface area contributed by atoms with Crippen LogP contribution in [0.4, 0.5) is 21.2 Å². The fourth-order valence-corrected chi connectivity index (χ4v) is 6.69. The van der Waals surface area contributed by atoms with Crippen molar-refractivity contribution in [1.82, 2.24) is 35.7 Å². The molecule has 6 atom stereocenters. The minimum absolute atomic E-state index is 0. The van der Waals surface area contributed by atoms with E-state index in [4.69, 9.17) is 58.2 Å². The lowest BCUT2D eigenvalue weighted by molar-refractivity contribution is -0.159. The lowest BCUT2D eigenvalue weighted by Crippen LogP contribution is -2.57. The zero-order valence-corrected chi connectivity index (χ0v) is 44.3. The van der Waals surface area contributed by atoms with Gasteiger partial charge in [0.15, 0.2) is 0 Å². The van der Waals surface area contributed by atoms with Gasteiger partial charge in [-0.2, -0.15) is 0 Å². The number of halogens is 3. The van der Waals surface area contributed by atoms with Crippen molar-refractivity contribution in [3.8, 4) is 0 Å². The molecule has 2 aliphatic carbocycles. The molecule has 0 bridgehead atoms. The topological polar surface area (TPSA) is 348 Å². The van der Waals surface area contributed by atoms with Gasteiger partial charge in [0.05, 0.1) is 16.1 Å². The molecule has 0 aliphatic heterocycles. The molecule has 2 aliphatic rings. The van der Waals surface area contributed by atoms with Crippen molar-refractivity contribution >= 4 is 107 Å². The average molecular weight is 1080 g/mol. The van der Waals surface area contributed by atoms with Crippen molar-refractivity contribution in [3.63, 3.8) is 0 Å². The third-order valence-electron chi connectivity index (χ3n) is 9.70. The monoisotopic (exact) mass is 1080 g/mol.